The topological polar surface area (TPSA) is 105 Å². The Labute approximate surface area is 221 Å². The summed E-state index contributed by atoms with van der Waals surface area (Å²) in [4.78, 5) is 21.7. The maximum absolute atomic E-state index is 11.3. The summed E-state index contributed by atoms with van der Waals surface area (Å²) in [5.74, 6) is 0.976. The van der Waals surface area contributed by atoms with E-state index in [-0.39, 0.29) is 11.4 Å². The molecule has 2 aliphatic carbocycles. The van der Waals surface area contributed by atoms with Crippen molar-refractivity contribution >= 4 is 11.4 Å². The van der Waals surface area contributed by atoms with E-state index in [2.05, 4.69) is 65.8 Å². The fourth-order valence-corrected chi connectivity index (χ4v) is 17.2. The first-order valence-electron chi connectivity index (χ1n) is 12.0. The van der Waals surface area contributed by atoms with Crippen molar-refractivity contribution in [2.24, 2.45) is 0 Å². The fraction of sp³-hybridized carbons (Fsp3) is 0.286. The standard InChI is InChI=1S/2C8H11.2C6H5NO3.Zr/c2*1-6-4-5-7(2)8(6)3;2*8-6-3-1-5(2-4-6)7(9)10;/h2*4-5H,1-3H3;2*1-4,8H;/q;;;;+2/p-2. The average Bonchev–Trinajstić information content (AvgIpc) is 3.30. The summed E-state index contributed by atoms with van der Waals surface area (Å²) in [5.41, 5.74) is 4.49. The summed E-state index contributed by atoms with van der Waals surface area (Å²) in [6.45, 7) is 12.6. The van der Waals surface area contributed by atoms with E-state index in [1.165, 1.54) is 24.3 Å². The van der Waals surface area contributed by atoms with Gasteiger partial charge in [-0.05, 0) is 0 Å². The van der Waals surface area contributed by atoms with Gasteiger partial charge in [0.2, 0.25) is 0 Å². The van der Waals surface area contributed by atoms with E-state index >= 15 is 0 Å². The van der Waals surface area contributed by atoms with E-state index in [1.54, 1.807) is 24.3 Å². The minimum absolute atomic E-state index is 0.0257. The normalized spacial score (nSPS) is 23.1. The molecule has 0 amide bonds. The Hall–Kier alpha value is -3.32. The van der Waals surface area contributed by atoms with Crippen LogP contribution in [0.5, 0.6) is 11.5 Å². The molecule has 9 heteroatoms. The number of allylic oxidation sites excluding steroid dienone is 8. The second kappa shape index (κ2) is 9.53. The van der Waals surface area contributed by atoms with Crippen LogP contribution in [-0.4, -0.2) is 9.85 Å². The van der Waals surface area contributed by atoms with Gasteiger partial charge in [0.05, 0.1) is 0 Å². The van der Waals surface area contributed by atoms with Crippen LogP contribution >= 0.6 is 0 Å². The molecule has 0 aliphatic heterocycles. The zero-order chi connectivity index (χ0) is 27.2. The maximum atomic E-state index is 11.3. The molecule has 4 rings (SSSR count). The van der Waals surface area contributed by atoms with Gasteiger partial charge in [0, 0.05) is 0 Å². The Morgan fingerprint density at radius 3 is 1.22 bits per heavy atom. The van der Waals surface area contributed by atoms with Crippen molar-refractivity contribution in [2.45, 2.75) is 47.8 Å². The third-order valence-electron chi connectivity index (χ3n) is 8.06. The van der Waals surface area contributed by atoms with Gasteiger partial charge in [-0.15, -0.1) is 0 Å². The predicted octanol–water partition coefficient (Wildman–Crippen LogP) is 8.11. The zero-order valence-corrected chi connectivity index (χ0v) is 24.2. The Bertz CT molecular complexity index is 1280. The Kier molecular flexibility index (Phi) is 6.88. The molecule has 0 heterocycles. The van der Waals surface area contributed by atoms with Crippen LogP contribution in [0.1, 0.15) is 41.5 Å². The van der Waals surface area contributed by atoms with Crippen LogP contribution in [0.3, 0.4) is 0 Å². The monoisotopic (exact) mass is 580 g/mol. The fourth-order valence-electron chi connectivity index (χ4n) is 5.20. The van der Waals surface area contributed by atoms with Gasteiger partial charge in [-0.2, -0.15) is 0 Å². The summed E-state index contributed by atoms with van der Waals surface area (Å²) < 4.78 is 13.0. The van der Waals surface area contributed by atoms with Crippen molar-refractivity contribution in [3.05, 3.63) is 115 Å². The summed E-state index contributed by atoms with van der Waals surface area (Å²) in [6, 6.07) is 12.2. The second-order valence-electron chi connectivity index (χ2n) is 10.0. The quantitative estimate of drug-likeness (QED) is 0.230. The van der Waals surface area contributed by atoms with Crippen molar-refractivity contribution < 1.29 is 36.6 Å². The van der Waals surface area contributed by atoms with Crippen LogP contribution < -0.4 is 5.63 Å². The van der Waals surface area contributed by atoms with Crippen LogP contribution in [0.4, 0.5) is 11.4 Å². The van der Waals surface area contributed by atoms with Crippen LogP contribution in [0.15, 0.2) is 95.1 Å². The summed E-state index contributed by atoms with van der Waals surface area (Å²) in [5, 5.41) is 22.5. The van der Waals surface area contributed by atoms with Crippen molar-refractivity contribution in [3.8, 4) is 11.5 Å². The Balaban J connectivity index is 1.97. The van der Waals surface area contributed by atoms with Gasteiger partial charge in [-0.3, -0.25) is 0 Å². The van der Waals surface area contributed by atoms with E-state index in [1.807, 2.05) is 0 Å². The average molecular weight is 582 g/mol. The molecule has 0 bridgehead atoms. The second-order valence-corrected chi connectivity index (χ2v) is 19.2. The molecule has 2 aromatic carbocycles. The summed E-state index contributed by atoms with van der Waals surface area (Å²) in [7, 11) is 0. The van der Waals surface area contributed by atoms with Crippen molar-refractivity contribution in [2.75, 3.05) is 0 Å². The van der Waals surface area contributed by atoms with Gasteiger partial charge in [-0.1, -0.05) is 0 Å². The SMILES string of the molecule is CC1=C(C)[C](C)([Zr]([O]c2ccc([N+](=O)[O-])cc2)([O]c2ccc([N+](=O)[O-])cc2)[C]2(C)C=CC(C)=C2C)C=C1. The van der Waals surface area contributed by atoms with Gasteiger partial charge in [0.1, 0.15) is 0 Å². The molecule has 0 saturated heterocycles. The van der Waals surface area contributed by atoms with Crippen molar-refractivity contribution in [1.82, 2.24) is 0 Å². The molecule has 192 valence electrons. The molecule has 0 aromatic heterocycles. The Morgan fingerprint density at radius 1 is 0.649 bits per heavy atom. The van der Waals surface area contributed by atoms with E-state index in [0.29, 0.717) is 11.5 Å². The van der Waals surface area contributed by atoms with Crippen molar-refractivity contribution in [1.29, 1.82) is 0 Å². The number of nitro groups is 2. The molecule has 2 unspecified atom stereocenters. The van der Waals surface area contributed by atoms with Crippen LogP contribution in [0.25, 0.3) is 0 Å². The first-order chi connectivity index (χ1) is 17.3. The van der Waals surface area contributed by atoms with Crippen LogP contribution in [0, 0.1) is 20.2 Å². The number of hydrogen-bond acceptors (Lipinski definition) is 6. The summed E-state index contributed by atoms with van der Waals surface area (Å²) in [6.07, 6.45) is 8.50. The van der Waals surface area contributed by atoms with E-state index in [0.717, 1.165) is 22.3 Å². The molecule has 2 atom stereocenters. The number of nitrogens with zero attached hydrogens (tertiary/aromatic N) is 2. The molecule has 0 saturated carbocycles. The molecular formula is C28H30N2O6Zr. The molecule has 0 N–H and O–H groups in total. The molecular weight excluding hydrogens is 552 g/mol. The van der Waals surface area contributed by atoms with Gasteiger partial charge in [0.25, 0.3) is 0 Å². The van der Waals surface area contributed by atoms with E-state index in [4.69, 9.17) is 5.63 Å². The van der Waals surface area contributed by atoms with Crippen molar-refractivity contribution in [3.63, 3.8) is 0 Å². The van der Waals surface area contributed by atoms with E-state index in [9.17, 15) is 20.2 Å². The number of rotatable bonds is 8. The van der Waals surface area contributed by atoms with Gasteiger partial charge in [-0.25, -0.2) is 0 Å². The predicted molar refractivity (Wildman–Crippen MR) is 139 cm³/mol. The van der Waals surface area contributed by atoms with Crippen LogP contribution in [0.2, 0.25) is 6.25 Å². The van der Waals surface area contributed by atoms with Gasteiger partial charge in [0.15, 0.2) is 0 Å². The molecule has 0 fully saturated rings. The zero-order valence-electron chi connectivity index (χ0n) is 21.8. The Morgan fingerprint density at radius 2 is 0.973 bits per heavy atom. The van der Waals surface area contributed by atoms with Gasteiger partial charge >= 0.3 is 223 Å². The first kappa shape index (κ1) is 26.7. The molecule has 0 radical (unpaired) electrons. The van der Waals surface area contributed by atoms with E-state index < -0.39 is 37.2 Å². The van der Waals surface area contributed by atoms with Crippen LogP contribution in [-0.2, 0) is 21.1 Å². The number of hydrogen-bond donors (Lipinski definition) is 0. The molecule has 2 aliphatic rings. The number of benzene rings is 2. The minimum atomic E-state index is -4.70. The molecule has 0 spiro atoms. The number of non-ortho nitro benzene ring substituents is 2. The summed E-state index contributed by atoms with van der Waals surface area (Å²) >= 11 is -4.70. The number of nitro benzene ring substituents is 2. The van der Waals surface area contributed by atoms with Gasteiger partial charge < -0.3 is 0 Å². The third-order valence-corrected chi connectivity index (χ3v) is 20.0. The molecule has 2 aromatic rings. The molecule has 37 heavy (non-hydrogen) atoms. The first-order valence-corrected chi connectivity index (χ1v) is 16.4. The third kappa shape index (κ3) is 4.29. The molecule has 8 nitrogen and oxygen atoms in total.